The van der Waals surface area contributed by atoms with E-state index in [0.29, 0.717) is 24.6 Å². The molecule has 0 radical (unpaired) electrons. The molecule has 0 saturated heterocycles. The Morgan fingerprint density at radius 1 is 1.43 bits per heavy atom. The highest BCUT2D eigenvalue weighted by Crippen LogP contribution is 2.40. The van der Waals surface area contributed by atoms with E-state index in [2.05, 4.69) is 15.6 Å². The highest BCUT2D eigenvalue weighted by atomic mass is 16.3. The highest BCUT2D eigenvalue weighted by Gasteiger charge is 2.28. The Morgan fingerprint density at radius 2 is 2.22 bits per heavy atom. The smallest absolute Gasteiger partial charge is 0.319 e. The van der Waals surface area contributed by atoms with Gasteiger partial charge < -0.3 is 20.2 Å². The minimum atomic E-state index is -0.356. The van der Waals surface area contributed by atoms with Gasteiger partial charge in [0, 0.05) is 18.2 Å². The Balaban J connectivity index is 1.56. The third kappa shape index (κ3) is 4.22. The van der Waals surface area contributed by atoms with E-state index in [4.69, 9.17) is 4.42 Å². The molecular weight excluding hydrogens is 294 g/mol. The van der Waals surface area contributed by atoms with E-state index in [-0.39, 0.29) is 18.1 Å². The fourth-order valence-corrected chi connectivity index (χ4v) is 2.64. The Kier molecular flexibility index (Phi) is 4.52. The lowest BCUT2D eigenvalue weighted by Crippen LogP contribution is -2.33. The molecule has 3 N–H and O–H groups in total. The molecule has 124 valence electrons. The van der Waals surface area contributed by atoms with Crippen molar-refractivity contribution < 1.29 is 14.3 Å². The van der Waals surface area contributed by atoms with Crippen LogP contribution in [-0.2, 0) is 0 Å². The van der Waals surface area contributed by atoms with E-state index >= 15 is 0 Å². The summed E-state index contributed by atoms with van der Waals surface area (Å²) in [6.45, 7) is 4.27. The molecule has 0 aliphatic heterocycles. The van der Waals surface area contributed by atoms with Crippen molar-refractivity contribution >= 4 is 22.8 Å². The predicted octanol–water partition coefficient (Wildman–Crippen LogP) is 3.23. The number of aliphatic hydroxyl groups excluding tert-OH is 1. The first-order valence-electron chi connectivity index (χ1n) is 8.14. The van der Waals surface area contributed by atoms with Crippen molar-refractivity contribution in [3.63, 3.8) is 0 Å². The Hall–Kier alpha value is -2.08. The van der Waals surface area contributed by atoms with Gasteiger partial charge in [-0.3, -0.25) is 0 Å². The van der Waals surface area contributed by atoms with E-state index in [0.717, 1.165) is 29.8 Å². The van der Waals surface area contributed by atoms with Gasteiger partial charge in [-0.1, -0.05) is 6.92 Å². The summed E-state index contributed by atoms with van der Waals surface area (Å²) >= 11 is 0. The quantitative estimate of drug-likeness (QED) is 0.763. The molecule has 2 amide bonds. The van der Waals surface area contributed by atoms with Crippen molar-refractivity contribution in [3.05, 3.63) is 24.1 Å². The summed E-state index contributed by atoms with van der Waals surface area (Å²) in [7, 11) is 0. The summed E-state index contributed by atoms with van der Waals surface area (Å²) in [6, 6.07) is 5.21. The second-order valence-electron chi connectivity index (χ2n) is 6.53. The maximum Gasteiger partial charge on any atom is 0.319 e. The summed E-state index contributed by atoms with van der Waals surface area (Å²) in [6.07, 6.45) is 2.59. The monoisotopic (exact) mass is 317 g/mol. The molecule has 2 aromatic rings. The van der Waals surface area contributed by atoms with Crippen LogP contribution in [0.25, 0.3) is 11.1 Å². The number of carbonyl (C=O) groups excluding carboxylic acids is 1. The molecular formula is C17H23N3O3. The number of amides is 2. The minimum Gasteiger partial charge on any atom is -0.440 e. The van der Waals surface area contributed by atoms with E-state index in [9.17, 15) is 9.90 Å². The van der Waals surface area contributed by atoms with Crippen LogP contribution in [0.5, 0.6) is 0 Å². The predicted molar refractivity (Wildman–Crippen MR) is 88.5 cm³/mol. The zero-order valence-electron chi connectivity index (χ0n) is 13.5. The Labute approximate surface area is 135 Å². The van der Waals surface area contributed by atoms with Crippen LogP contribution < -0.4 is 10.6 Å². The summed E-state index contributed by atoms with van der Waals surface area (Å²) in [5.41, 5.74) is 2.21. The number of urea groups is 1. The number of hydrogen-bond donors (Lipinski definition) is 3. The van der Waals surface area contributed by atoms with Crippen LogP contribution in [0, 0.1) is 5.92 Å². The van der Waals surface area contributed by atoms with Gasteiger partial charge in [-0.25, -0.2) is 9.78 Å². The standard InChI is InChI=1S/C17H23N3O3/c1-10(7-11(2)21)9-18-17(22)19-13-5-6-15-14(8-13)20-16(23-15)12-3-4-12/h5-6,8,10-12,21H,3-4,7,9H2,1-2H3,(H2,18,19,22). The number of oxazole rings is 1. The van der Waals surface area contributed by atoms with Crippen molar-refractivity contribution in [3.8, 4) is 0 Å². The molecule has 1 heterocycles. The van der Waals surface area contributed by atoms with Crippen LogP contribution in [0.3, 0.4) is 0 Å². The molecule has 1 aromatic heterocycles. The van der Waals surface area contributed by atoms with Gasteiger partial charge in [-0.05, 0) is 50.3 Å². The number of rotatable bonds is 6. The molecule has 1 aliphatic rings. The largest absolute Gasteiger partial charge is 0.440 e. The van der Waals surface area contributed by atoms with Gasteiger partial charge in [0.25, 0.3) is 0 Å². The fourth-order valence-electron chi connectivity index (χ4n) is 2.64. The second kappa shape index (κ2) is 6.58. The molecule has 1 fully saturated rings. The van der Waals surface area contributed by atoms with E-state index in [1.165, 1.54) is 0 Å². The number of carbonyl (C=O) groups is 1. The Morgan fingerprint density at radius 3 is 2.91 bits per heavy atom. The molecule has 1 aromatic carbocycles. The maximum atomic E-state index is 11.9. The van der Waals surface area contributed by atoms with Crippen molar-refractivity contribution in [1.29, 1.82) is 0 Å². The highest BCUT2D eigenvalue weighted by molar-refractivity contribution is 5.91. The topological polar surface area (TPSA) is 87.4 Å². The van der Waals surface area contributed by atoms with Crippen molar-refractivity contribution in [2.45, 2.75) is 45.1 Å². The number of anilines is 1. The van der Waals surface area contributed by atoms with Gasteiger partial charge in [0.2, 0.25) is 0 Å². The molecule has 2 atom stereocenters. The van der Waals surface area contributed by atoms with Crippen LogP contribution >= 0.6 is 0 Å². The van der Waals surface area contributed by atoms with Gasteiger partial charge in [0.1, 0.15) is 5.52 Å². The molecule has 0 spiro atoms. The third-order valence-corrected chi connectivity index (χ3v) is 3.94. The van der Waals surface area contributed by atoms with Crippen molar-refractivity contribution in [2.75, 3.05) is 11.9 Å². The lowest BCUT2D eigenvalue weighted by molar-refractivity contribution is 0.163. The molecule has 23 heavy (non-hydrogen) atoms. The molecule has 0 bridgehead atoms. The molecule has 6 heteroatoms. The summed E-state index contributed by atoms with van der Waals surface area (Å²) in [5, 5.41) is 14.9. The number of nitrogens with one attached hydrogen (secondary N) is 2. The number of hydrogen-bond acceptors (Lipinski definition) is 4. The first-order chi connectivity index (χ1) is 11.0. The number of fused-ring (bicyclic) bond motifs is 1. The number of aliphatic hydroxyl groups is 1. The van der Waals surface area contributed by atoms with E-state index in [1.54, 1.807) is 6.92 Å². The average Bonchev–Trinajstić information content (AvgIpc) is 3.24. The third-order valence-electron chi connectivity index (χ3n) is 3.94. The average molecular weight is 317 g/mol. The van der Waals surface area contributed by atoms with Gasteiger partial charge >= 0.3 is 6.03 Å². The van der Waals surface area contributed by atoms with Gasteiger partial charge in [-0.2, -0.15) is 0 Å². The minimum absolute atomic E-state index is 0.222. The number of aromatic nitrogens is 1. The lowest BCUT2D eigenvalue weighted by atomic mass is 10.1. The first kappa shape index (κ1) is 15.8. The van der Waals surface area contributed by atoms with Crippen molar-refractivity contribution in [1.82, 2.24) is 10.3 Å². The number of nitrogens with zero attached hydrogens (tertiary/aromatic N) is 1. The lowest BCUT2D eigenvalue weighted by Gasteiger charge is -2.14. The summed E-state index contributed by atoms with van der Waals surface area (Å²) in [5.74, 6) is 1.49. The fraction of sp³-hybridized carbons (Fsp3) is 0.529. The van der Waals surface area contributed by atoms with Crippen molar-refractivity contribution in [2.24, 2.45) is 5.92 Å². The zero-order chi connectivity index (χ0) is 16.4. The molecule has 6 nitrogen and oxygen atoms in total. The molecule has 3 rings (SSSR count). The van der Waals surface area contributed by atoms with Crippen LogP contribution in [0.1, 0.15) is 44.9 Å². The maximum absolute atomic E-state index is 11.9. The normalized spacial score (nSPS) is 17.0. The SMILES string of the molecule is CC(O)CC(C)CNC(=O)Nc1ccc2oc(C3CC3)nc2c1. The molecule has 1 aliphatic carbocycles. The second-order valence-corrected chi connectivity index (χ2v) is 6.53. The van der Waals surface area contributed by atoms with Gasteiger partial charge in [0.05, 0.1) is 6.10 Å². The van der Waals surface area contributed by atoms with E-state index in [1.807, 2.05) is 25.1 Å². The summed E-state index contributed by atoms with van der Waals surface area (Å²) < 4.78 is 5.70. The molecule has 2 unspecified atom stereocenters. The van der Waals surface area contributed by atoms with Crippen LogP contribution in [0.4, 0.5) is 10.5 Å². The van der Waals surface area contributed by atoms with Crippen LogP contribution in [-0.4, -0.2) is 28.8 Å². The van der Waals surface area contributed by atoms with Gasteiger partial charge in [0.15, 0.2) is 11.5 Å². The Bertz CT molecular complexity index is 691. The van der Waals surface area contributed by atoms with Crippen LogP contribution in [0.15, 0.2) is 22.6 Å². The number of benzene rings is 1. The zero-order valence-corrected chi connectivity index (χ0v) is 13.5. The van der Waals surface area contributed by atoms with Gasteiger partial charge in [-0.15, -0.1) is 0 Å². The van der Waals surface area contributed by atoms with E-state index < -0.39 is 0 Å². The van der Waals surface area contributed by atoms with Crippen LogP contribution in [0.2, 0.25) is 0 Å². The first-order valence-corrected chi connectivity index (χ1v) is 8.14. The summed E-state index contributed by atoms with van der Waals surface area (Å²) in [4.78, 5) is 16.4. The molecule has 1 saturated carbocycles.